The van der Waals surface area contributed by atoms with Crippen molar-refractivity contribution in [1.82, 2.24) is 0 Å². The van der Waals surface area contributed by atoms with Crippen molar-refractivity contribution in [2.24, 2.45) is 0 Å². The number of Topliss-reactive ketones (excluding diaryl/α,β-unsaturated/α-hetero) is 1. The first-order chi connectivity index (χ1) is 6.75. The summed E-state index contributed by atoms with van der Waals surface area (Å²) in [6, 6.07) is 7.43. The van der Waals surface area contributed by atoms with Crippen LogP contribution in [0.25, 0.3) is 0 Å². The molecule has 0 atom stereocenters. The van der Waals surface area contributed by atoms with Crippen molar-refractivity contribution in [3.63, 3.8) is 0 Å². The fraction of sp³-hybridized carbons (Fsp3) is 0.250. The molecule has 0 spiro atoms. The molecule has 0 N–H and O–H groups in total. The van der Waals surface area contributed by atoms with Crippen molar-refractivity contribution in [3.8, 4) is 11.8 Å². The van der Waals surface area contributed by atoms with Crippen LogP contribution in [0.1, 0.15) is 29.3 Å². The van der Waals surface area contributed by atoms with Crippen LogP contribution in [0.4, 0.5) is 0 Å². The standard InChI is InChI=1S/C12H11BrO/c1-10(14)12-8-3-2-6-11(12)7-4-5-9-13/h2-3,6,8H,5,9H2,1H3. The van der Waals surface area contributed by atoms with E-state index in [1.54, 1.807) is 13.0 Å². The zero-order valence-electron chi connectivity index (χ0n) is 8.01. The lowest BCUT2D eigenvalue weighted by Crippen LogP contribution is -1.95. The number of hydrogen-bond donors (Lipinski definition) is 0. The Morgan fingerprint density at radius 1 is 1.43 bits per heavy atom. The zero-order chi connectivity index (χ0) is 10.4. The molecule has 0 aromatic heterocycles. The smallest absolute Gasteiger partial charge is 0.161 e. The molecule has 0 bridgehead atoms. The molecule has 1 nitrogen and oxygen atoms in total. The van der Waals surface area contributed by atoms with Gasteiger partial charge in [-0.05, 0) is 13.0 Å². The number of ketones is 1. The molecule has 0 aliphatic rings. The molecule has 1 aromatic carbocycles. The monoisotopic (exact) mass is 250 g/mol. The lowest BCUT2D eigenvalue weighted by molar-refractivity contribution is 0.101. The van der Waals surface area contributed by atoms with Crippen LogP contribution in [-0.2, 0) is 0 Å². The van der Waals surface area contributed by atoms with Gasteiger partial charge in [-0.15, -0.1) is 0 Å². The highest BCUT2D eigenvalue weighted by Crippen LogP contribution is 2.07. The summed E-state index contributed by atoms with van der Waals surface area (Å²) in [7, 11) is 0. The maximum atomic E-state index is 11.2. The van der Waals surface area contributed by atoms with Crippen LogP contribution < -0.4 is 0 Å². The number of rotatable bonds is 2. The number of carbonyl (C=O) groups is 1. The first-order valence-corrected chi connectivity index (χ1v) is 5.52. The van der Waals surface area contributed by atoms with Crippen LogP contribution in [-0.4, -0.2) is 11.1 Å². The van der Waals surface area contributed by atoms with Crippen molar-refractivity contribution in [1.29, 1.82) is 0 Å². The highest BCUT2D eigenvalue weighted by Gasteiger charge is 2.02. The largest absolute Gasteiger partial charge is 0.294 e. The van der Waals surface area contributed by atoms with Gasteiger partial charge in [-0.3, -0.25) is 4.79 Å². The van der Waals surface area contributed by atoms with E-state index in [0.717, 1.165) is 17.3 Å². The fourth-order valence-corrected chi connectivity index (χ4v) is 1.30. The molecular weight excluding hydrogens is 240 g/mol. The average molecular weight is 251 g/mol. The minimum Gasteiger partial charge on any atom is -0.294 e. The molecule has 0 fully saturated rings. The highest BCUT2D eigenvalue weighted by molar-refractivity contribution is 9.09. The second-order valence-electron chi connectivity index (χ2n) is 2.84. The minimum atomic E-state index is 0.0637. The number of benzene rings is 1. The molecule has 1 aromatic rings. The van der Waals surface area contributed by atoms with Crippen LogP contribution in [0.2, 0.25) is 0 Å². The molecule has 14 heavy (non-hydrogen) atoms. The molecule has 0 saturated heterocycles. The summed E-state index contributed by atoms with van der Waals surface area (Å²) in [5.74, 6) is 6.06. The molecule has 0 radical (unpaired) electrons. The molecule has 72 valence electrons. The van der Waals surface area contributed by atoms with Gasteiger partial charge in [-0.1, -0.05) is 46.0 Å². The van der Waals surface area contributed by atoms with Gasteiger partial charge in [0.25, 0.3) is 0 Å². The Hall–Kier alpha value is -1.07. The van der Waals surface area contributed by atoms with E-state index < -0.39 is 0 Å². The van der Waals surface area contributed by atoms with Crippen LogP contribution in [0.15, 0.2) is 24.3 Å². The Balaban J connectivity index is 2.97. The summed E-state index contributed by atoms with van der Waals surface area (Å²) in [6.45, 7) is 1.56. The second kappa shape index (κ2) is 5.62. The maximum Gasteiger partial charge on any atom is 0.161 e. The molecular formula is C12H11BrO. The van der Waals surface area contributed by atoms with E-state index in [-0.39, 0.29) is 5.78 Å². The van der Waals surface area contributed by atoms with Crippen molar-refractivity contribution in [2.75, 3.05) is 5.33 Å². The third-order valence-corrected chi connectivity index (χ3v) is 2.15. The Kier molecular flexibility index (Phi) is 4.42. The summed E-state index contributed by atoms with van der Waals surface area (Å²) >= 11 is 3.30. The normalized spacial score (nSPS) is 9.00. The summed E-state index contributed by atoms with van der Waals surface area (Å²) in [6.07, 6.45) is 0.798. The predicted octanol–water partition coefficient (Wildman–Crippen LogP) is 3.03. The number of halogens is 1. The molecule has 0 heterocycles. The first kappa shape index (κ1) is 11.0. The fourth-order valence-electron chi connectivity index (χ4n) is 1.10. The van der Waals surface area contributed by atoms with Gasteiger partial charge in [0.1, 0.15) is 0 Å². The van der Waals surface area contributed by atoms with Crippen LogP contribution in [0, 0.1) is 11.8 Å². The van der Waals surface area contributed by atoms with Gasteiger partial charge < -0.3 is 0 Å². The van der Waals surface area contributed by atoms with E-state index in [1.807, 2.05) is 18.2 Å². The number of hydrogen-bond acceptors (Lipinski definition) is 1. The van der Waals surface area contributed by atoms with E-state index in [1.165, 1.54) is 0 Å². The first-order valence-electron chi connectivity index (χ1n) is 4.40. The van der Waals surface area contributed by atoms with Crippen molar-refractivity contribution in [3.05, 3.63) is 35.4 Å². The second-order valence-corrected chi connectivity index (χ2v) is 3.64. The molecule has 0 amide bonds. The van der Waals surface area contributed by atoms with Crippen molar-refractivity contribution in [2.45, 2.75) is 13.3 Å². The Morgan fingerprint density at radius 2 is 2.14 bits per heavy atom. The van der Waals surface area contributed by atoms with Crippen LogP contribution in [0.5, 0.6) is 0 Å². The summed E-state index contributed by atoms with van der Waals surface area (Å²) < 4.78 is 0. The molecule has 1 rings (SSSR count). The SMILES string of the molecule is CC(=O)c1ccccc1C#CCCBr. The molecule has 0 saturated carbocycles. The minimum absolute atomic E-state index is 0.0637. The molecule has 2 heteroatoms. The van der Waals surface area contributed by atoms with Crippen LogP contribution in [0.3, 0.4) is 0 Å². The third kappa shape index (κ3) is 3.01. The zero-order valence-corrected chi connectivity index (χ0v) is 9.60. The summed E-state index contributed by atoms with van der Waals surface area (Å²) in [4.78, 5) is 11.2. The summed E-state index contributed by atoms with van der Waals surface area (Å²) in [5.41, 5.74) is 1.52. The van der Waals surface area contributed by atoms with E-state index in [4.69, 9.17) is 0 Å². The molecule has 0 unspecified atom stereocenters. The van der Waals surface area contributed by atoms with Gasteiger partial charge in [-0.25, -0.2) is 0 Å². The van der Waals surface area contributed by atoms with Crippen LogP contribution >= 0.6 is 15.9 Å². The quantitative estimate of drug-likeness (QED) is 0.448. The lowest BCUT2D eigenvalue weighted by atomic mass is 10.1. The van der Waals surface area contributed by atoms with Gasteiger partial charge in [0.05, 0.1) is 0 Å². The topological polar surface area (TPSA) is 17.1 Å². The maximum absolute atomic E-state index is 11.2. The van der Waals surface area contributed by atoms with E-state index >= 15 is 0 Å². The van der Waals surface area contributed by atoms with Gasteiger partial charge in [-0.2, -0.15) is 0 Å². The van der Waals surface area contributed by atoms with Gasteiger partial charge >= 0.3 is 0 Å². The Morgan fingerprint density at radius 3 is 2.79 bits per heavy atom. The van der Waals surface area contributed by atoms with Crippen molar-refractivity contribution < 1.29 is 4.79 Å². The van der Waals surface area contributed by atoms with E-state index in [0.29, 0.717) is 5.56 Å². The Bertz CT molecular complexity index is 385. The Labute approximate surface area is 92.6 Å². The number of alkyl halides is 1. The van der Waals surface area contributed by atoms with E-state index in [2.05, 4.69) is 27.8 Å². The highest BCUT2D eigenvalue weighted by atomic mass is 79.9. The van der Waals surface area contributed by atoms with Gasteiger partial charge in [0.2, 0.25) is 0 Å². The lowest BCUT2D eigenvalue weighted by Gasteiger charge is -1.97. The van der Waals surface area contributed by atoms with Crippen molar-refractivity contribution >= 4 is 21.7 Å². The summed E-state index contributed by atoms with van der Waals surface area (Å²) in [5, 5.41) is 0.863. The van der Waals surface area contributed by atoms with Gasteiger partial charge in [0, 0.05) is 22.9 Å². The molecule has 0 aliphatic carbocycles. The van der Waals surface area contributed by atoms with Gasteiger partial charge in [0.15, 0.2) is 5.78 Å². The predicted molar refractivity (Wildman–Crippen MR) is 61.7 cm³/mol. The third-order valence-electron chi connectivity index (χ3n) is 1.75. The number of carbonyl (C=O) groups excluding carboxylic acids is 1. The molecule has 0 aliphatic heterocycles. The average Bonchev–Trinajstić information content (AvgIpc) is 2.19. The van der Waals surface area contributed by atoms with E-state index in [9.17, 15) is 4.79 Å².